The topological polar surface area (TPSA) is 35.5 Å². The molecule has 0 radical (unpaired) electrons. The molecule has 0 aromatic rings. The van der Waals surface area contributed by atoms with E-state index in [2.05, 4.69) is 13.5 Å². The summed E-state index contributed by atoms with van der Waals surface area (Å²) in [5.74, 6) is 0.680. The third-order valence-corrected chi connectivity index (χ3v) is 4.34. The van der Waals surface area contributed by atoms with E-state index in [-0.39, 0.29) is 17.5 Å². The molecule has 3 nitrogen and oxygen atoms in total. The van der Waals surface area contributed by atoms with Crippen LogP contribution in [0, 0.1) is 11.8 Å². The molecular formula is C19H34O3. The van der Waals surface area contributed by atoms with E-state index in [1.165, 1.54) is 12.8 Å². The molecular weight excluding hydrogens is 276 g/mol. The van der Waals surface area contributed by atoms with Crippen LogP contribution in [0.1, 0.15) is 72.6 Å². The Kier molecular flexibility index (Phi) is 8.16. The summed E-state index contributed by atoms with van der Waals surface area (Å²) in [7, 11) is 0. The quantitative estimate of drug-likeness (QED) is 0.472. The summed E-state index contributed by atoms with van der Waals surface area (Å²) >= 11 is 0. The van der Waals surface area contributed by atoms with Gasteiger partial charge in [0, 0.05) is 0 Å². The molecule has 0 aromatic carbocycles. The molecule has 0 heterocycles. The Morgan fingerprint density at radius 2 is 2.09 bits per heavy atom. The van der Waals surface area contributed by atoms with E-state index in [1.54, 1.807) is 0 Å². The van der Waals surface area contributed by atoms with Crippen molar-refractivity contribution in [3.63, 3.8) is 0 Å². The fraction of sp³-hybridized carbons (Fsp3) is 0.842. The Labute approximate surface area is 136 Å². The number of esters is 1. The first-order valence-corrected chi connectivity index (χ1v) is 8.81. The van der Waals surface area contributed by atoms with Crippen LogP contribution < -0.4 is 0 Å². The van der Waals surface area contributed by atoms with Crippen LogP contribution in [-0.4, -0.2) is 24.3 Å². The van der Waals surface area contributed by atoms with Gasteiger partial charge < -0.3 is 9.47 Å². The third kappa shape index (κ3) is 7.44. The molecule has 0 saturated heterocycles. The van der Waals surface area contributed by atoms with Crippen molar-refractivity contribution in [1.82, 2.24) is 0 Å². The largest absolute Gasteiger partial charge is 0.460 e. The molecule has 1 aliphatic rings. The lowest BCUT2D eigenvalue weighted by atomic mass is 9.82. The molecule has 1 saturated carbocycles. The van der Waals surface area contributed by atoms with E-state index in [9.17, 15) is 4.79 Å². The Balaban J connectivity index is 2.38. The van der Waals surface area contributed by atoms with Gasteiger partial charge in [-0.15, -0.1) is 6.58 Å². The fourth-order valence-electron chi connectivity index (χ4n) is 3.17. The Bertz CT molecular complexity index is 343. The maximum Gasteiger partial charge on any atom is 0.309 e. The van der Waals surface area contributed by atoms with Gasteiger partial charge >= 0.3 is 5.97 Å². The van der Waals surface area contributed by atoms with E-state index in [0.717, 1.165) is 32.1 Å². The van der Waals surface area contributed by atoms with Gasteiger partial charge in [0.15, 0.2) is 0 Å². The van der Waals surface area contributed by atoms with Gasteiger partial charge in [-0.25, -0.2) is 0 Å². The summed E-state index contributed by atoms with van der Waals surface area (Å²) in [5.41, 5.74) is -0.390. The normalized spacial score (nSPS) is 23.8. The minimum absolute atomic E-state index is 0.0358. The van der Waals surface area contributed by atoms with Gasteiger partial charge in [-0.3, -0.25) is 4.79 Å². The SMILES string of the molecule is C=CCO[C@H]1CCC[C@@H](CCC(CC)C(=O)OC(C)(C)C)C1. The monoisotopic (exact) mass is 310 g/mol. The average Bonchev–Trinajstić information content (AvgIpc) is 2.44. The molecule has 0 aliphatic heterocycles. The minimum atomic E-state index is -0.390. The minimum Gasteiger partial charge on any atom is -0.460 e. The molecule has 0 spiro atoms. The fourth-order valence-corrected chi connectivity index (χ4v) is 3.17. The van der Waals surface area contributed by atoms with Gasteiger partial charge in [0.05, 0.1) is 18.6 Å². The van der Waals surface area contributed by atoms with E-state index in [4.69, 9.17) is 9.47 Å². The van der Waals surface area contributed by atoms with E-state index < -0.39 is 0 Å². The molecule has 1 aliphatic carbocycles. The molecule has 0 N–H and O–H groups in total. The summed E-state index contributed by atoms with van der Waals surface area (Å²) in [5, 5.41) is 0. The summed E-state index contributed by atoms with van der Waals surface area (Å²) in [6.45, 7) is 12.2. The summed E-state index contributed by atoms with van der Waals surface area (Å²) in [6.07, 6.45) is 9.87. The maximum atomic E-state index is 12.2. The molecule has 0 amide bonds. The lowest BCUT2D eigenvalue weighted by Gasteiger charge is -2.30. The Morgan fingerprint density at radius 1 is 1.36 bits per heavy atom. The van der Waals surface area contributed by atoms with Gasteiger partial charge in [-0.1, -0.05) is 25.8 Å². The first kappa shape index (κ1) is 19.2. The van der Waals surface area contributed by atoms with Crippen LogP contribution in [0.15, 0.2) is 12.7 Å². The van der Waals surface area contributed by atoms with Gasteiger partial charge in [0.1, 0.15) is 5.60 Å². The van der Waals surface area contributed by atoms with Crippen LogP contribution in [0.25, 0.3) is 0 Å². The Morgan fingerprint density at radius 3 is 2.68 bits per heavy atom. The van der Waals surface area contributed by atoms with Crippen molar-refractivity contribution in [2.45, 2.75) is 84.3 Å². The molecule has 3 heteroatoms. The van der Waals surface area contributed by atoms with Crippen molar-refractivity contribution >= 4 is 5.97 Å². The first-order chi connectivity index (χ1) is 10.4. The predicted octanol–water partition coefficient (Wildman–Crippen LogP) is 4.90. The van der Waals surface area contributed by atoms with Crippen LogP contribution in [0.3, 0.4) is 0 Å². The zero-order valence-electron chi connectivity index (χ0n) is 14.9. The molecule has 1 rings (SSSR count). The summed E-state index contributed by atoms with van der Waals surface area (Å²) in [6, 6.07) is 0. The number of carbonyl (C=O) groups excluding carboxylic acids is 1. The van der Waals surface area contributed by atoms with Crippen LogP contribution >= 0.6 is 0 Å². The van der Waals surface area contributed by atoms with E-state index >= 15 is 0 Å². The zero-order valence-corrected chi connectivity index (χ0v) is 14.9. The number of hydrogen-bond acceptors (Lipinski definition) is 3. The van der Waals surface area contributed by atoms with Gasteiger partial charge in [-0.05, 0) is 58.8 Å². The number of ether oxygens (including phenoxy) is 2. The highest BCUT2D eigenvalue weighted by Gasteiger charge is 2.27. The van der Waals surface area contributed by atoms with Gasteiger partial charge in [0.2, 0.25) is 0 Å². The predicted molar refractivity (Wildman–Crippen MR) is 90.8 cm³/mol. The molecule has 1 fully saturated rings. The number of rotatable bonds is 8. The van der Waals surface area contributed by atoms with Crippen molar-refractivity contribution < 1.29 is 14.3 Å². The molecule has 128 valence electrons. The molecule has 0 aromatic heterocycles. The molecule has 3 atom stereocenters. The van der Waals surface area contributed by atoms with E-state index in [0.29, 0.717) is 18.6 Å². The van der Waals surface area contributed by atoms with Crippen molar-refractivity contribution in [3.05, 3.63) is 12.7 Å². The van der Waals surface area contributed by atoms with Crippen molar-refractivity contribution in [2.75, 3.05) is 6.61 Å². The van der Waals surface area contributed by atoms with Crippen molar-refractivity contribution in [3.8, 4) is 0 Å². The van der Waals surface area contributed by atoms with Crippen LogP contribution in [-0.2, 0) is 14.3 Å². The van der Waals surface area contributed by atoms with Gasteiger partial charge in [-0.2, -0.15) is 0 Å². The highest BCUT2D eigenvalue weighted by molar-refractivity contribution is 5.72. The lowest BCUT2D eigenvalue weighted by molar-refractivity contribution is -0.160. The van der Waals surface area contributed by atoms with E-state index in [1.807, 2.05) is 26.8 Å². The van der Waals surface area contributed by atoms with Gasteiger partial charge in [0.25, 0.3) is 0 Å². The second-order valence-corrected chi connectivity index (χ2v) is 7.49. The first-order valence-electron chi connectivity index (χ1n) is 8.81. The highest BCUT2D eigenvalue weighted by Crippen LogP contribution is 2.31. The zero-order chi connectivity index (χ0) is 16.6. The lowest BCUT2D eigenvalue weighted by Crippen LogP contribution is -2.29. The molecule has 1 unspecified atom stereocenters. The highest BCUT2D eigenvalue weighted by atomic mass is 16.6. The number of hydrogen-bond donors (Lipinski definition) is 0. The second-order valence-electron chi connectivity index (χ2n) is 7.49. The second kappa shape index (κ2) is 9.34. The molecule has 0 bridgehead atoms. The number of carbonyl (C=O) groups is 1. The smallest absolute Gasteiger partial charge is 0.309 e. The van der Waals surface area contributed by atoms with Crippen LogP contribution in [0.5, 0.6) is 0 Å². The van der Waals surface area contributed by atoms with Crippen LogP contribution in [0.2, 0.25) is 0 Å². The molecule has 22 heavy (non-hydrogen) atoms. The summed E-state index contributed by atoms with van der Waals surface area (Å²) in [4.78, 5) is 12.2. The maximum absolute atomic E-state index is 12.2. The standard InChI is InChI=1S/C19H34O3/c1-6-13-21-17-10-8-9-15(14-17)11-12-16(7-2)18(20)22-19(3,4)5/h6,15-17H,1,7-14H2,2-5H3/t15-,16?,17-/m0/s1. The summed E-state index contributed by atoms with van der Waals surface area (Å²) < 4.78 is 11.3. The Hall–Kier alpha value is -0.830. The third-order valence-electron chi connectivity index (χ3n) is 4.34. The van der Waals surface area contributed by atoms with Crippen molar-refractivity contribution in [1.29, 1.82) is 0 Å². The average molecular weight is 310 g/mol. The van der Waals surface area contributed by atoms with Crippen molar-refractivity contribution in [2.24, 2.45) is 11.8 Å². The van der Waals surface area contributed by atoms with Crippen LogP contribution in [0.4, 0.5) is 0 Å².